The van der Waals surface area contributed by atoms with E-state index in [1.807, 2.05) is 6.07 Å². The van der Waals surface area contributed by atoms with Crippen LogP contribution in [0.25, 0.3) is 10.8 Å². The molecule has 0 N–H and O–H groups in total. The van der Waals surface area contributed by atoms with Gasteiger partial charge in [0.05, 0.1) is 28.4 Å². The maximum atomic E-state index is 5.87. The van der Waals surface area contributed by atoms with Gasteiger partial charge in [-0.05, 0) is 65.4 Å². The van der Waals surface area contributed by atoms with Crippen molar-refractivity contribution in [3.8, 4) is 23.0 Å². The van der Waals surface area contributed by atoms with E-state index in [0.717, 1.165) is 35.8 Å². The van der Waals surface area contributed by atoms with E-state index in [1.165, 1.54) is 33.0 Å². The SMILES string of the molecule is COc1ccc(C2CCc3ccc(C)c4cc(OC)c(OC)c2c34)cc1OC. The van der Waals surface area contributed by atoms with Crippen molar-refractivity contribution in [2.45, 2.75) is 25.7 Å². The summed E-state index contributed by atoms with van der Waals surface area (Å²) < 4.78 is 22.5. The molecular weight excluding hydrogens is 352 g/mol. The summed E-state index contributed by atoms with van der Waals surface area (Å²) in [5.41, 5.74) is 5.01. The van der Waals surface area contributed by atoms with Crippen LogP contribution in [-0.4, -0.2) is 28.4 Å². The van der Waals surface area contributed by atoms with Crippen LogP contribution in [0.1, 0.15) is 34.6 Å². The van der Waals surface area contributed by atoms with Crippen LogP contribution in [0.4, 0.5) is 0 Å². The zero-order valence-electron chi connectivity index (χ0n) is 17.1. The zero-order chi connectivity index (χ0) is 19.8. The minimum atomic E-state index is 0.196. The summed E-state index contributed by atoms with van der Waals surface area (Å²) >= 11 is 0. The molecule has 1 aliphatic carbocycles. The Kier molecular flexibility index (Phi) is 4.80. The third-order valence-corrected chi connectivity index (χ3v) is 5.85. The summed E-state index contributed by atoms with van der Waals surface area (Å²) in [4.78, 5) is 0. The van der Waals surface area contributed by atoms with E-state index in [2.05, 4.69) is 37.3 Å². The van der Waals surface area contributed by atoms with Crippen LogP contribution in [0.3, 0.4) is 0 Å². The molecular formula is C24H26O4. The van der Waals surface area contributed by atoms with Crippen molar-refractivity contribution >= 4 is 10.8 Å². The molecule has 0 spiro atoms. The zero-order valence-corrected chi connectivity index (χ0v) is 17.1. The lowest BCUT2D eigenvalue weighted by molar-refractivity contribution is 0.349. The van der Waals surface area contributed by atoms with Crippen molar-refractivity contribution < 1.29 is 18.9 Å². The van der Waals surface area contributed by atoms with Crippen LogP contribution in [0.15, 0.2) is 36.4 Å². The number of rotatable bonds is 5. The summed E-state index contributed by atoms with van der Waals surface area (Å²) in [5, 5.41) is 2.53. The fourth-order valence-corrected chi connectivity index (χ4v) is 4.47. The Morgan fingerprint density at radius 2 is 1.54 bits per heavy atom. The van der Waals surface area contributed by atoms with Gasteiger partial charge in [-0.2, -0.15) is 0 Å². The average molecular weight is 378 g/mol. The summed E-state index contributed by atoms with van der Waals surface area (Å²) in [6.07, 6.45) is 2.03. The molecule has 0 saturated carbocycles. The van der Waals surface area contributed by atoms with Gasteiger partial charge in [0.2, 0.25) is 0 Å². The monoisotopic (exact) mass is 378 g/mol. The van der Waals surface area contributed by atoms with Gasteiger partial charge >= 0.3 is 0 Å². The van der Waals surface area contributed by atoms with E-state index in [4.69, 9.17) is 18.9 Å². The van der Waals surface area contributed by atoms with E-state index in [-0.39, 0.29) is 5.92 Å². The minimum Gasteiger partial charge on any atom is -0.493 e. The molecule has 3 aromatic carbocycles. The molecule has 0 saturated heterocycles. The molecule has 0 heterocycles. The molecule has 1 aliphatic rings. The van der Waals surface area contributed by atoms with E-state index < -0.39 is 0 Å². The van der Waals surface area contributed by atoms with Crippen LogP contribution in [0.2, 0.25) is 0 Å². The topological polar surface area (TPSA) is 36.9 Å². The Labute approximate surface area is 166 Å². The molecule has 0 fully saturated rings. The smallest absolute Gasteiger partial charge is 0.165 e. The summed E-state index contributed by atoms with van der Waals surface area (Å²) in [6.45, 7) is 2.15. The van der Waals surface area contributed by atoms with Gasteiger partial charge in [-0.25, -0.2) is 0 Å². The van der Waals surface area contributed by atoms with Gasteiger partial charge < -0.3 is 18.9 Å². The molecule has 4 rings (SSSR count). The summed E-state index contributed by atoms with van der Waals surface area (Å²) in [7, 11) is 6.75. The van der Waals surface area contributed by atoms with Gasteiger partial charge in [0.15, 0.2) is 23.0 Å². The molecule has 0 bridgehead atoms. The largest absolute Gasteiger partial charge is 0.493 e. The Morgan fingerprint density at radius 1 is 0.786 bits per heavy atom. The van der Waals surface area contributed by atoms with Crippen LogP contribution in [0.5, 0.6) is 23.0 Å². The van der Waals surface area contributed by atoms with Gasteiger partial charge in [0, 0.05) is 11.5 Å². The van der Waals surface area contributed by atoms with Gasteiger partial charge in [-0.1, -0.05) is 18.2 Å². The van der Waals surface area contributed by atoms with Gasteiger partial charge in [0.25, 0.3) is 0 Å². The molecule has 28 heavy (non-hydrogen) atoms. The van der Waals surface area contributed by atoms with E-state index >= 15 is 0 Å². The highest BCUT2D eigenvalue weighted by Gasteiger charge is 2.30. The maximum absolute atomic E-state index is 5.87. The number of hydrogen-bond acceptors (Lipinski definition) is 4. The highest BCUT2D eigenvalue weighted by Crippen LogP contribution is 2.50. The second-order valence-corrected chi connectivity index (χ2v) is 7.20. The van der Waals surface area contributed by atoms with Crippen molar-refractivity contribution in [1.29, 1.82) is 0 Å². The second kappa shape index (κ2) is 7.27. The Balaban J connectivity index is 2.01. The first kappa shape index (κ1) is 18.5. The molecule has 1 unspecified atom stereocenters. The second-order valence-electron chi connectivity index (χ2n) is 7.20. The van der Waals surface area contributed by atoms with Gasteiger partial charge in [-0.3, -0.25) is 0 Å². The number of methoxy groups -OCH3 is 4. The van der Waals surface area contributed by atoms with Crippen molar-refractivity contribution in [3.05, 3.63) is 58.7 Å². The Morgan fingerprint density at radius 3 is 2.21 bits per heavy atom. The molecule has 0 aliphatic heterocycles. The first-order valence-corrected chi connectivity index (χ1v) is 9.51. The van der Waals surface area contributed by atoms with Crippen molar-refractivity contribution in [2.24, 2.45) is 0 Å². The predicted octanol–water partition coefficient (Wildman–Crippen LogP) is 5.26. The van der Waals surface area contributed by atoms with Crippen LogP contribution < -0.4 is 18.9 Å². The lowest BCUT2D eigenvalue weighted by Crippen LogP contribution is -2.13. The minimum absolute atomic E-state index is 0.196. The normalized spacial score (nSPS) is 15.4. The highest BCUT2D eigenvalue weighted by atomic mass is 16.5. The number of hydrogen-bond donors (Lipinski definition) is 0. The first-order chi connectivity index (χ1) is 13.6. The molecule has 146 valence electrons. The molecule has 0 radical (unpaired) electrons. The number of aryl methyl sites for hydroxylation is 2. The first-order valence-electron chi connectivity index (χ1n) is 9.51. The van der Waals surface area contributed by atoms with Crippen LogP contribution in [-0.2, 0) is 6.42 Å². The van der Waals surface area contributed by atoms with Crippen LogP contribution in [0, 0.1) is 6.92 Å². The van der Waals surface area contributed by atoms with E-state index in [1.54, 1.807) is 28.4 Å². The summed E-state index contributed by atoms with van der Waals surface area (Å²) in [5.74, 6) is 3.27. The number of benzene rings is 3. The molecule has 4 heteroatoms. The Bertz CT molecular complexity index is 1040. The summed E-state index contributed by atoms with van der Waals surface area (Å²) in [6, 6.07) is 12.7. The quantitative estimate of drug-likeness (QED) is 0.607. The molecule has 0 amide bonds. The third kappa shape index (κ3) is 2.75. The lowest BCUT2D eigenvalue weighted by Gasteiger charge is -2.30. The predicted molar refractivity (Wildman–Crippen MR) is 111 cm³/mol. The third-order valence-electron chi connectivity index (χ3n) is 5.85. The maximum Gasteiger partial charge on any atom is 0.165 e. The molecule has 4 nitrogen and oxygen atoms in total. The van der Waals surface area contributed by atoms with E-state index in [0.29, 0.717) is 0 Å². The van der Waals surface area contributed by atoms with Crippen molar-refractivity contribution in [3.63, 3.8) is 0 Å². The van der Waals surface area contributed by atoms with E-state index in [9.17, 15) is 0 Å². The standard InChI is InChI=1S/C24H26O4/c1-14-6-7-15-8-10-17(16-9-11-19(25-2)20(12-16)26-3)23-22(15)18(14)13-21(27-4)24(23)28-5/h6-7,9,11-13,17H,8,10H2,1-5H3. The lowest BCUT2D eigenvalue weighted by atomic mass is 9.76. The number of ether oxygens (including phenoxy) is 4. The van der Waals surface area contributed by atoms with Crippen LogP contribution >= 0.6 is 0 Å². The highest BCUT2D eigenvalue weighted by molar-refractivity contribution is 5.96. The van der Waals surface area contributed by atoms with Crippen molar-refractivity contribution in [2.75, 3.05) is 28.4 Å². The molecule has 1 atom stereocenters. The average Bonchev–Trinajstić information content (AvgIpc) is 2.74. The fraction of sp³-hybridized carbons (Fsp3) is 0.333. The molecule has 0 aromatic heterocycles. The fourth-order valence-electron chi connectivity index (χ4n) is 4.47. The van der Waals surface area contributed by atoms with Gasteiger partial charge in [-0.15, -0.1) is 0 Å². The van der Waals surface area contributed by atoms with Crippen molar-refractivity contribution in [1.82, 2.24) is 0 Å². The molecule has 3 aromatic rings. The Hall–Kier alpha value is -2.88. The van der Waals surface area contributed by atoms with Gasteiger partial charge in [0.1, 0.15) is 0 Å².